The lowest BCUT2D eigenvalue weighted by Gasteiger charge is -2.17. The molecule has 0 heterocycles. The average molecular weight is 592 g/mol. The molecule has 0 aliphatic heterocycles. The lowest BCUT2D eigenvalue weighted by Crippen LogP contribution is -2.44. The maximum absolute atomic E-state index is 12.6. The molecule has 3 N–H and O–H groups in total. The summed E-state index contributed by atoms with van der Waals surface area (Å²) in [5.41, 5.74) is 0. The van der Waals surface area contributed by atoms with Crippen LogP contribution in [-0.2, 0) is 28.4 Å². The van der Waals surface area contributed by atoms with Crippen molar-refractivity contribution in [3.05, 3.63) is 0 Å². The SMILES string of the molecule is CCCCCCCCCCCCOC(=O)C[C@H](NC(=O)CP(=O)(O)O)C(=O)OCCCCCCCCCCCC. The molecule has 0 aliphatic rings. The van der Waals surface area contributed by atoms with Crippen LogP contribution in [0.5, 0.6) is 0 Å². The number of carbonyl (C=O) groups excluding carboxylic acids is 3. The second-order valence-electron chi connectivity index (χ2n) is 10.9. The third kappa shape index (κ3) is 26.8. The summed E-state index contributed by atoms with van der Waals surface area (Å²) >= 11 is 0. The molecule has 9 nitrogen and oxygen atoms in total. The van der Waals surface area contributed by atoms with E-state index in [1.807, 2.05) is 0 Å². The lowest BCUT2D eigenvalue weighted by molar-refractivity contribution is -0.153. The monoisotopic (exact) mass is 591 g/mol. The van der Waals surface area contributed by atoms with E-state index in [1.165, 1.54) is 83.5 Å². The first-order valence-corrected chi connectivity index (χ1v) is 17.7. The van der Waals surface area contributed by atoms with Gasteiger partial charge in [-0.3, -0.25) is 14.2 Å². The van der Waals surface area contributed by atoms with Gasteiger partial charge in [-0.15, -0.1) is 0 Å². The molecule has 1 atom stereocenters. The Morgan fingerprint density at radius 3 is 1.40 bits per heavy atom. The van der Waals surface area contributed by atoms with Gasteiger partial charge in [-0.25, -0.2) is 4.79 Å². The van der Waals surface area contributed by atoms with Gasteiger partial charge in [0, 0.05) is 0 Å². The highest BCUT2D eigenvalue weighted by molar-refractivity contribution is 7.52. The standard InChI is InChI=1S/C30H58NO8P/c1-3-5-7-9-11-13-15-17-19-21-23-38-29(33)25-27(31-28(32)26-40(35,36)37)30(34)39-24-22-20-18-16-14-12-10-8-6-4-2/h27H,3-26H2,1-2H3,(H,31,32)(H2,35,36,37)/t27-/m0/s1. The molecule has 1 amide bonds. The highest BCUT2D eigenvalue weighted by atomic mass is 31.2. The minimum atomic E-state index is -4.61. The fourth-order valence-corrected chi connectivity index (χ4v) is 4.95. The zero-order valence-electron chi connectivity index (χ0n) is 25.3. The van der Waals surface area contributed by atoms with Gasteiger partial charge in [0.25, 0.3) is 0 Å². The van der Waals surface area contributed by atoms with E-state index >= 15 is 0 Å². The van der Waals surface area contributed by atoms with E-state index in [0.29, 0.717) is 6.42 Å². The van der Waals surface area contributed by atoms with E-state index < -0.39 is 44.1 Å². The number of carbonyl (C=O) groups is 3. The zero-order valence-corrected chi connectivity index (χ0v) is 26.2. The normalized spacial score (nSPS) is 12.2. The number of esters is 2. The van der Waals surface area contributed by atoms with E-state index in [9.17, 15) is 18.9 Å². The number of hydrogen-bond acceptors (Lipinski definition) is 6. The van der Waals surface area contributed by atoms with Crippen LogP contribution in [0.25, 0.3) is 0 Å². The topological polar surface area (TPSA) is 139 Å². The van der Waals surface area contributed by atoms with Gasteiger partial charge < -0.3 is 24.6 Å². The van der Waals surface area contributed by atoms with Gasteiger partial charge in [0.05, 0.1) is 19.6 Å². The molecule has 0 saturated carbocycles. The van der Waals surface area contributed by atoms with E-state index in [4.69, 9.17) is 19.3 Å². The van der Waals surface area contributed by atoms with Crippen LogP contribution in [0.2, 0.25) is 0 Å². The Kier molecular flexibility index (Phi) is 25.5. The molecule has 40 heavy (non-hydrogen) atoms. The largest absolute Gasteiger partial charge is 0.466 e. The van der Waals surface area contributed by atoms with Crippen molar-refractivity contribution in [1.82, 2.24) is 5.32 Å². The Labute approximate surface area is 243 Å². The molecule has 0 rings (SSSR count). The number of unbranched alkanes of at least 4 members (excludes halogenated alkanes) is 18. The summed E-state index contributed by atoms with van der Waals surface area (Å²) in [5, 5.41) is 2.23. The van der Waals surface area contributed by atoms with E-state index in [1.54, 1.807) is 0 Å². The predicted octanol–water partition coefficient (Wildman–Crippen LogP) is 6.97. The molecular weight excluding hydrogens is 533 g/mol. The number of hydrogen-bond donors (Lipinski definition) is 3. The predicted molar refractivity (Wildman–Crippen MR) is 159 cm³/mol. The molecule has 236 valence electrons. The van der Waals surface area contributed by atoms with Gasteiger partial charge in [-0.2, -0.15) is 0 Å². The smallest absolute Gasteiger partial charge is 0.334 e. The van der Waals surface area contributed by atoms with E-state index in [-0.39, 0.29) is 13.2 Å². The Balaban J connectivity index is 4.28. The first kappa shape index (κ1) is 38.6. The van der Waals surface area contributed by atoms with Crippen LogP contribution >= 0.6 is 7.60 Å². The minimum Gasteiger partial charge on any atom is -0.466 e. The Bertz CT molecular complexity index is 697. The van der Waals surface area contributed by atoms with Gasteiger partial charge in [0.2, 0.25) is 5.91 Å². The quantitative estimate of drug-likeness (QED) is 0.0504. The zero-order chi connectivity index (χ0) is 29.9. The summed E-state index contributed by atoms with van der Waals surface area (Å²) < 4.78 is 21.7. The summed E-state index contributed by atoms with van der Waals surface area (Å²) in [6.07, 6.45) is 21.4. The summed E-state index contributed by atoms with van der Waals surface area (Å²) in [7, 11) is -4.61. The highest BCUT2D eigenvalue weighted by Gasteiger charge is 2.28. The van der Waals surface area contributed by atoms with Crippen molar-refractivity contribution in [2.45, 2.75) is 155 Å². The van der Waals surface area contributed by atoms with E-state index in [2.05, 4.69) is 19.2 Å². The second-order valence-corrected chi connectivity index (χ2v) is 12.5. The van der Waals surface area contributed by atoms with Crippen LogP contribution in [-0.4, -0.2) is 53.1 Å². The molecule has 0 unspecified atom stereocenters. The molecule has 0 spiro atoms. The van der Waals surface area contributed by atoms with Crippen molar-refractivity contribution in [2.75, 3.05) is 19.4 Å². The molecule has 10 heteroatoms. The van der Waals surface area contributed by atoms with Crippen LogP contribution in [0.15, 0.2) is 0 Å². The van der Waals surface area contributed by atoms with Gasteiger partial charge in [-0.1, -0.05) is 129 Å². The van der Waals surface area contributed by atoms with Gasteiger partial charge in [0.1, 0.15) is 12.2 Å². The lowest BCUT2D eigenvalue weighted by atomic mass is 10.1. The fourth-order valence-electron chi connectivity index (χ4n) is 4.48. The summed E-state index contributed by atoms with van der Waals surface area (Å²) in [6.45, 7) is 4.80. The number of ether oxygens (including phenoxy) is 2. The van der Waals surface area contributed by atoms with Gasteiger partial charge >= 0.3 is 19.5 Å². The molecule has 0 aliphatic carbocycles. The highest BCUT2D eigenvalue weighted by Crippen LogP contribution is 2.33. The number of amides is 1. The van der Waals surface area contributed by atoms with Crippen LogP contribution in [0.4, 0.5) is 0 Å². The Morgan fingerprint density at radius 2 is 1.00 bits per heavy atom. The third-order valence-corrected chi connectivity index (χ3v) is 7.54. The fraction of sp³-hybridized carbons (Fsp3) is 0.900. The van der Waals surface area contributed by atoms with Gasteiger partial charge in [-0.05, 0) is 12.8 Å². The first-order chi connectivity index (χ1) is 19.2. The van der Waals surface area contributed by atoms with Crippen LogP contribution in [0.3, 0.4) is 0 Å². The van der Waals surface area contributed by atoms with Crippen LogP contribution < -0.4 is 5.32 Å². The molecule has 0 bridgehead atoms. The van der Waals surface area contributed by atoms with Gasteiger partial charge in [0.15, 0.2) is 0 Å². The summed E-state index contributed by atoms with van der Waals surface area (Å²) in [4.78, 5) is 55.0. The maximum Gasteiger partial charge on any atom is 0.334 e. The molecule has 0 fully saturated rings. The van der Waals surface area contributed by atoms with Crippen LogP contribution in [0, 0.1) is 0 Å². The summed E-state index contributed by atoms with van der Waals surface area (Å²) in [5.74, 6) is -2.48. The van der Waals surface area contributed by atoms with Crippen molar-refractivity contribution < 1.29 is 38.2 Å². The molecule has 0 saturated heterocycles. The maximum atomic E-state index is 12.6. The van der Waals surface area contributed by atoms with Crippen molar-refractivity contribution in [3.8, 4) is 0 Å². The van der Waals surface area contributed by atoms with Crippen molar-refractivity contribution in [3.63, 3.8) is 0 Å². The molecular formula is C30H58NO8P. The summed E-state index contributed by atoms with van der Waals surface area (Å²) in [6, 6.07) is -1.35. The number of nitrogens with one attached hydrogen (secondary N) is 1. The molecule has 0 aromatic rings. The Hall–Kier alpha value is -1.44. The van der Waals surface area contributed by atoms with E-state index in [0.717, 1.165) is 38.5 Å². The molecule has 0 radical (unpaired) electrons. The van der Waals surface area contributed by atoms with Crippen LogP contribution in [0.1, 0.15) is 149 Å². The Morgan fingerprint density at radius 1 is 0.625 bits per heavy atom. The average Bonchev–Trinajstić information content (AvgIpc) is 2.88. The second kappa shape index (κ2) is 26.5. The number of rotatable bonds is 28. The van der Waals surface area contributed by atoms with Crippen molar-refractivity contribution in [1.29, 1.82) is 0 Å². The third-order valence-electron chi connectivity index (χ3n) is 6.84. The molecule has 0 aromatic heterocycles. The minimum absolute atomic E-state index is 0.161. The molecule has 0 aromatic carbocycles. The first-order valence-electron chi connectivity index (χ1n) is 15.9. The van der Waals surface area contributed by atoms with Crippen molar-refractivity contribution >= 4 is 25.4 Å². The van der Waals surface area contributed by atoms with Crippen molar-refractivity contribution in [2.24, 2.45) is 0 Å².